The number of alkyl halides is 1. The number of rotatable bonds is 8. The predicted molar refractivity (Wildman–Crippen MR) is 175 cm³/mol. The lowest BCUT2D eigenvalue weighted by atomic mass is 9.95. The van der Waals surface area contributed by atoms with Gasteiger partial charge in [-0.15, -0.1) is 0 Å². The van der Waals surface area contributed by atoms with Gasteiger partial charge >= 0.3 is 6.01 Å². The second-order valence-corrected chi connectivity index (χ2v) is 13.2. The average molecular weight is 664 g/mol. The summed E-state index contributed by atoms with van der Waals surface area (Å²) in [6.45, 7) is 3.94. The number of amides is 1. The van der Waals surface area contributed by atoms with Crippen molar-refractivity contribution < 1.29 is 27.1 Å². The number of benzene rings is 2. The molecule has 3 fully saturated rings. The Hall–Kier alpha value is -4.36. The van der Waals surface area contributed by atoms with Crippen LogP contribution in [0, 0.1) is 17.5 Å². The van der Waals surface area contributed by atoms with E-state index in [4.69, 9.17) is 15.5 Å². The summed E-state index contributed by atoms with van der Waals surface area (Å²) in [6.07, 6.45) is 6.23. The quantitative estimate of drug-likeness (QED) is 0.204. The van der Waals surface area contributed by atoms with Crippen molar-refractivity contribution in [3.8, 4) is 17.3 Å². The molecule has 0 aliphatic carbocycles. The average Bonchev–Trinajstić information content (AvgIpc) is 3.79. The molecule has 2 aromatic carbocycles. The van der Waals surface area contributed by atoms with Crippen LogP contribution in [0.1, 0.15) is 32.6 Å². The summed E-state index contributed by atoms with van der Waals surface area (Å²) in [5, 5.41) is 0.575. The van der Waals surface area contributed by atoms with Gasteiger partial charge in [-0.3, -0.25) is 14.7 Å². The third-order valence-electron chi connectivity index (χ3n) is 9.96. The van der Waals surface area contributed by atoms with Crippen LogP contribution in [0.5, 0.6) is 6.01 Å². The van der Waals surface area contributed by atoms with Gasteiger partial charge in [0.1, 0.15) is 29.8 Å². The second-order valence-electron chi connectivity index (χ2n) is 13.2. The first-order valence-corrected chi connectivity index (χ1v) is 16.3. The van der Waals surface area contributed by atoms with Crippen LogP contribution >= 0.6 is 0 Å². The number of nitrogens with two attached hydrogens (primary N) is 1. The smallest absolute Gasteiger partial charge is 0.319 e. The monoisotopic (exact) mass is 663 g/mol. The minimum absolute atomic E-state index is 0.0742. The Kier molecular flexibility index (Phi) is 8.44. The van der Waals surface area contributed by atoms with Gasteiger partial charge in [0.15, 0.2) is 17.5 Å². The molecule has 48 heavy (non-hydrogen) atoms. The molecule has 9 nitrogen and oxygen atoms in total. The lowest BCUT2D eigenvalue weighted by molar-refractivity contribution is -0.125. The van der Waals surface area contributed by atoms with Crippen LogP contribution in [-0.2, 0) is 4.79 Å². The van der Waals surface area contributed by atoms with E-state index in [0.717, 1.165) is 25.5 Å². The minimum atomic E-state index is -1.10. The second kappa shape index (κ2) is 12.6. The standard InChI is InChI=1S/C35H37F4N7O2/c1-20(40)7-10-27(47)45-14-11-23(18-45)44(2)33-25-16-41-31(24-6-3-5-21-8-9-26(37)29(38)28(21)24)30(39)32(25)42-34(43-33)48-19-35-12-4-13-46(35)17-22(36)15-35/h3,5-10,16,20,22-23H,4,11-15,17-19,40H2,1-2H3/b10-7+/t20-,22-,23-,35+/m1/s1. The number of likely N-dealkylation sites (N-methyl/N-ethyl adjacent to an activating group) is 1. The lowest BCUT2D eigenvalue weighted by Gasteiger charge is -2.31. The highest BCUT2D eigenvalue weighted by molar-refractivity contribution is 5.99. The van der Waals surface area contributed by atoms with Crippen LogP contribution in [0.3, 0.4) is 0 Å². The van der Waals surface area contributed by atoms with Crippen LogP contribution in [0.2, 0.25) is 0 Å². The zero-order valence-electron chi connectivity index (χ0n) is 26.8. The van der Waals surface area contributed by atoms with Crippen molar-refractivity contribution in [1.82, 2.24) is 24.8 Å². The van der Waals surface area contributed by atoms with Crippen LogP contribution in [0.15, 0.2) is 48.7 Å². The first-order chi connectivity index (χ1) is 23.0. The Morgan fingerprint density at radius 1 is 1.17 bits per heavy atom. The maximum absolute atomic E-state index is 16.7. The van der Waals surface area contributed by atoms with Crippen molar-refractivity contribution >= 4 is 33.4 Å². The number of hydrogen-bond donors (Lipinski definition) is 1. The molecule has 3 aliphatic heterocycles. The molecule has 3 aliphatic rings. The molecule has 4 atom stereocenters. The molecular formula is C35H37F4N7O2. The van der Waals surface area contributed by atoms with Crippen molar-refractivity contribution in [3.05, 3.63) is 66.1 Å². The van der Waals surface area contributed by atoms with Crippen molar-refractivity contribution in [3.63, 3.8) is 0 Å². The van der Waals surface area contributed by atoms with Crippen LogP contribution in [-0.4, -0.2) is 94.3 Å². The number of pyridine rings is 1. The summed E-state index contributed by atoms with van der Waals surface area (Å²) in [4.78, 5) is 32.1. The molecule has 2 aromatic heterocycles. The Labute approximate surface area is 275 Å². The number of fused-ring (bicyclic) bond motifs is 3. The zero-order chi connectivity index (χ0) is 33.7. The highest BCUT2D eigenvalue weighted by atomic mass is 19.2. The van der Waals surface area contributed by atoms with E-state index in [0.29, 0.717) is 43.7 Å². The third kappa shape index (κ3) is 5.72. The number of hydrogen-bond acceptors (Lipinski definition) is 8. The van der Waals surface area contributed by atoms with E-state index < -0.39 is 29.2 Å². The Morgan fingerprint density at radius 3 is 2.81 bits per heavy atom. The number of aromatic nitrogens is 3. The minimum Gasteiger partial charge on any atom is -0.461 e. The largest absolute Gasteiger partial charge is 0.461 e. The molecule has 1 amide bonds. The zero-order valence-corrected chi connectivity index (χ0v) is 26.8. The first kappa shape index (κ1) is 32.2. The van der Waals surface area contributed by atoms with E-state index in [1.165, 1.54) is 24.4 Å². The summed E-state index contributed by atoms with van der Waals surface area (Å²) < 4.78 is 66.8. The molecule has 3 saturated heterocycles. The van der Waals surface area contributed by atoms with Crippen molar-refractivity contribution in [2.45, 2.75) is 56.4 Å². The molecule has 252 valence electrons. The molecule has 0 spiro atoms. The van der Waals surface area contributed by atoms with E-state index in [9.17, 15) is 13.6 Å². The molecular weight excluding hydrogens is 626 g/mol. The Morgan fingerprint density at radius 2 is 2.00 bits per heavy atom. The fraction of sp³-hybridized carbons (Fsp3) is 0.429. The van der Waals surface area contributed by atoms with Gasteiger partial charge in [-0.25, -0.2) is 17.6 Å². The number of halogens is 4. The molecule has 7 rings (SSSR count). The Bertz CT molecular complexity index is 1920. The maximum atomic E-state index is 16.7. The van der Waals surface area contributed by atoms with Crippen LogP contribution < -0.4 is 15.4 Å². The van der Waals surface area contributed by atoms with Crippen molar-refractivity contribution in [2.24, 2.45) is 5.73 Å². The van der Waals surface area contributed by atoms with Crippen LogP contribution in [0.4, 0.5) is 23.4 Å². The van der Waals surface area contributed by atoms with Crippen molar-refractivity contribution in [2.75, 3.05) is 44.7 Å². The number of carbonyl (C=O) groups is 1. The molecule has 2 N–H and O–H groups in total. The van der Waals surface area contributed by atoms with Crippen molar-refractivity contribution in [1.29, 1.82) is 0 Å². The van der Waals surface area contributed by atoms with E-state index in [1.807, 2.05) is 4.90 Å². The summed E-state index contributed by atoms with van der Waals surface area (Å²) in [5.41, 5.74) is 5.05. The molecule has 0 bridgehead atoms. The fourth-order valence-corrected chi connectivity index (χ4v) is 7.47. The fourth-order valence-electron chi connectivity index (χ4n) is 7.47. The highest BCUT2D eigenvalue weighted by Crippen LogP contribution is 2.41. The predicted octanol–water partition coefficient (Wildman–Crippen LogP) is 5.16. The molecule has 0 unspecified atom stereocenters. The van der Waals surface area contributed by atoms with Gasteiger partial charge in [-0.05, 0) is 44.2 Å². The summed E-state index contributed by atoms with van der Waals surface area (Å²) in [7, 11) is 1.80. The van der Waals surface area contributed by atoms with E-state index in [1.54, 1.807) is 37.1 Å². The summed E-state index contributed by atoms with van der Waals surface area (Å²) >= 11 is 0. The number of likely N-dealkylation sites (tertiary alicyclic amines) is 1. The molecule has 0 saturated carbocycles. The molecule has 0 radical (unpaired) electrons. The SMILES string of the molecule is C[C@@H](N)/C=C/C(=O)N1CC[C@@H](N(C)c2nc(OC[C@@]34CCCN3C[C@H](F)C4)nc3c(F)c(-c4cccc5ccc(F)c(F)c45)ncc23)C1. The third-order valence-corrected chi connectivity index (χ3v) is 9.96. The van der Waals surface area contributed by atoms with Gasteiger partial charge in [0, 0.05) is 68.4 Å². The van der Waals surface area contributed by atoms with E-state index >= 15 is 8.78 Å². The highest BCUT2D eigenvalue weighted by Gasteiger charge is 2.49. The van der Waals surface area contributed by atoms with Gasteiger partial charge < -0.3 is 20.3 Å². The maximum Gasteiger partial charge on any atom is 0.319 e. The van der Waals surface area contributed by atoms with Gasteiger partial charge in [0.05, 0.1) is 10.9 Å². The first-order valence-electron chi connectivity index (χ1n) is 16.3. The van der Waals surface area contributed by atoms with Gasteiger partial charge in [-0.2, -0.15) is 9.97 Å². The molecule has 4 aromatic rings. The summed E-state index contributed by atoms with van der Waals surface area (Å²) in [6, 6.07) is 6.65. The van der Waals surface area contributed by atoms with Gasteiger partial charge in [0.25, 0.3) is 0 Å². The van der Waals surface area contributed by atoms with Gasteiger partial charge in [-0.1, -0.05) is 30.3 Å². The Balaban J connectivity index is 1.29. The normalized spacial score (nSPS) is 23.4. The molecule has 13 heteroatoms. The lowest BCUT2D eigenvalue weighted by Crippen LogP contribution is -2.43. The number of anilines is 1. The van der Waals surface area contributed by atoms with Crippen LogP contribution in [0.25, 0.3) is 32.9 Å². The molecule has 5 heterocycles. The number of carbonyl (C=O) groups excluding carboxylic acids is 1. The topological polar surface area (TPSA) is 101 Å². The van der Waals surface area contributed by atoms with E-state index in [2.05, 4.69) is 14.9 Å². The number of nitrogens with zero attached hydrogens (tertiary/aromatic N) is 6. The van der Waals surface area contributed by atoms with Gasteiger partial charge in [0.2, 0.25) is 5.91 Å². The van der Waals surface area contributed by atoms with E-state index in [-0.39, 0.29) is 58.2 Å². The number of ether oxygens (including phenoxy) is 1. The summed E-state index contributed by atoms with van der Waals surface area (Å²) in [5.74, 6) is -2.82.